The lowest BCUT2D eigenvalue weighted by Crippen LogP contribution is -3.00. The van der Waals surface area contributed by atoms with Crippen molar-refractivity contribution in [2.24, 2.45) is 0 Å². The van der Waals surface area contributed by atoms with Gasteiger partial charge in [-0.1, -0.05) is 116 Å². The quantitative estimate of drug-likeness (QED) is 0.210. The number of halogens is 2. The van der Waals surface area contributed by atoms with E-state index in [-0.39, 0.29) is 20.9 Å². The van der Waals surface area contributed by atoms with E-state index in [1.165, 1.54) is 109 Å². The van der Waals surface area contributed by atoms with E-state index in [4.69, 9.17) is 0 Å². The molecule has 0 aromatic heterocycles. The lowest BCUT2D eigenvalue weighted by Gasteiger charge is -2.23. The molecule has 0 aromatic rings. The standard InChI is InChI=1S/C23H52N3S.2FH/c1-7-8-9-10-11-12-13-14-15-16-17-18-19-20-21-22-23-26(6)27(24(2)3)25(4)5;;/h7-23H2,1-6H3;2*1H/q+1;;/p-1. The summed E-state index contributed by atoms with van der Waals surface area (Å²) in [6, 6.07) is 0. The Morgan fingerprint density at radius 1 is 0.483 bits per heavy atom. The van der Waals surface area contributed by atoms with Gasteiger partial charge in [-0.05, 0) is 6.42 Å². The fourth-order valence-corrected chi connectivity index (χ4v) is 5.91. The maximum atomic E-state index is 2.49. The normalized spacial score (nSPS) is 11.4. The third kappa shape index (κ3) is 21.1. The SMILES string of the molecule is CCCCCCCCCCCCCCCCCCN(C)[S+](N(C)C)N(C)C.F.[F-]. The van der Waals surface area contributed by atoms with Gasteiger partial charge in [-0.3, -0.25) is 4.70 Å². The van der Waals surface area contributed by atoms with Gasteiger partial charge in [0.2, 0.25) is 0 Å². The summed E-state index contributed by atoms with van der Waals surface area (Å²) in [4.78, 5) is 0. The predicted octanol–water partition coefficient (Wildman–Crippen LogP) is 3.82. The Morgan fingerprint density at radius 2 is 0.759 bits per heavy atom. The second-order valence-electron chi connectivity index (χ2n) is 8.52. The molecular weight excluding hydrogens is 388 g/mol. The maximum absolute atomic E-state index is 2.49. The van der Waals surface area contributed by atoms with Gasteiger partial charge >= 0.3 is 0 Å². The Kier molecular flexibility index (Phi) is 28.3. The van der Waals surface area contributed by atoms with Crippen LogP contribution < -0.4 is 4.70 Å². The van der Waals surface area contributed by atoms with Crippen LogP contribution in [0.25, 0.3) is 0 Å². The molecule has 0 radical (unpaired) electrons. The molecule has 0 fully saturated rings. The van der Waals surface area contributed by atoms with Gasteiger partial charge in [0, 0.05) is 41.8 Å². The Morgan fingerprint density at radius 3 is 1.03 bits per heavy atom. The molecule has 6 heteroatoms. The van der Waals surface area contributed by atoms with Gasteiger partial charge in [0.05, 0.1) is 0 Å². The van der Waals surface area contributed by atoms with Crippen LogP contribution in [0.5, 0.6) is 0 Å². The maximum Gasteiger partial charge on any atom is 0.266 e. The fraction of sp³-hybridized carbons (Fsp3) is 1.00. The van der Waals surface area contributed by atoms with Crippen molar-refractivity contribution in [3.63, 3.8) is 0 Å². The van der Waals surface area contributed by atoms with Crippen molar-refractivity contribution in [2.75, 3.05) is 41.8 Å². The average Bonchev–Trinajstić information content (AvgIpc) is 2.60. The molecular formula is C23H53F2N3S. The zero-order valence-corrected chi connectivity index (χ0v) is 21.4. The fourth-order valence-electron chi connectivity index (χ4n) is 3.85. The molecule has 0 atom stereocenters. The molecule has 0 spiro atoms. The summed E-state index contributed by atoms with van der Waals surface area (Å²) < 4.78 is 7.11. The molecule has 3 nitrogen and oxygen atoms in total. The zero-order valence-electron chi connectivity index (χ0n) is 20.6. The van der Waals surface area contributed by atoms with Crippen molar-refractivity contribution in [3.8, 4) is 0 Å². The largest absolute Gasteiger partial charge is 1.00 e. The molecule has 0 unspecified atom stereocenters. The molecule has 0 amide bonds. The first kappa shape index (κ1) is 33.7. The van der Waals surface area contributed by atoms with Gasteiger partial charge in [0.15, 0.2) is 0 Å². The van der Waals surface area contributed by atoms with Crippen molar-refractivity contribution in [2.45, 2.75) is 110 Å². The molecule has 0 aliphatic heterocycles. The van der Waals surface area contributed by atoms with Crippen LogP contribution >= 0.6 is 0 Å². The van der Waals surface area contributed by atoms with Gasteiger partial charge in [-0.25, -0.2) is 0 Å². The van der Waals surface area contributed by atoms with Gasteiger partial charge in [-0.2, -0.15) is 0 Å². The van der Waals surface area contributed by atoms with Gasteiger partial charge in [0.1, 0.15) is 0 Å². The van der Waals surface area contributed by atoms with Crippen LogP contribution in [0.15, 0.2) is 0 Å². The number of hydrogen-bond donors (Lipinski definition) is 0. The minimum Gasteiger partial charge on any atom is -1.00 e. The molecule has 180 valence electrons. The van der Waals surface area contributed by atoms with Crippen LogP contribution in [0.2, 0.25) is 0 Å². The van der Waals surface area contributed by atoms with E-state index in [0.29, 0.717) is 0 Å². The predicted molar refractivity (Wildman–Crippen MR) is 129 cm³/mol. The minimum absolute atomic E-state index is 0. The summed E-state index contributed by atoms with van der Waals surface area (Å²) in [5, 5.41) is 0. The van der Waals surface area contributed by atoms with Crippen LogP contribution in [0.3, 0.4) is 0 Å². The van der Waals surface area contributed by atoms with Crippen LogP contribution in [0.1, 0.15) is 110 Å². The van der Waals surface area contributed by atoms with Gasteiger partial charge < -0.3 is 4.70 Å². The molecule has 29 heavy (non-hydrogen) atoms. The van der Waals surface area contributed by atoms with E-state index in [0.717, 1.165) is 0 Å². The lowest BCUT2D eigenvalue weighted by atomic mass is 10.0. The minimum atomic E-state index is 0. The first-order valence-electron chi connectivity index (χ1n) is 11.8. The summed E-state index contributed by atoms with van der Waals surface area (Å²) >= 11 is 0.109. The summed E-state index contributed by atoms with van der Waals surface area (Å²) in [6.45, 7) is 3.50. The van der Waals surface area contributed by atoms with Crippen LogP contribution in [-0.2, 0) is 11.5 Å². The van der Waals surface area contributed by atoms with Crippen molar-refractivity contribution >= 4 is 11.5 Å². The summed E-state index contributed by atoms with van der Waals surface area (Å²) in [5.41, 5.74) is 0. The lowest BCUT2D eigenvalue weighted by molar-refractivity contribution is -0.00000705. The number of nitrogens with zero attached hydrogens (tertiary/aromatic N) is 3. The molecule has 0 aliphatic rings. The molecule has 0 saturated heterocycles. The van der Waals surface area contributed by atoms with E-state index in [1.54, 1.807) is 0 Å². The molecule has 0 bridgehead atoms. The van der Waals surface area contributed by atoms with Crippen molar-refractivity contribution in [1.82, 2.24) is 12.9 Å². The Labute approximate surface area is 185 Å². The van der Waals surface area contributed by atoms with Crippen molar-refractivity contribution in [3.05, 3.63) is 0 Å². The Hall–Kier alpha value is 0.0900. The first-order valence-corrected chi connectivity index (χ1v) is 12.9. The van der Waals surface area contributed by atoms with E-state index in [9.17, 15) is 0 Å². The highest BCUT2D eigenvalue weighted by Crippen LogP contribution is 2.15. The molecule has 0 aliphatic carbocycles. The second-order valence-corrected chi connectivity index (χ2v) is 11.1. The van der Waals surface area contributed by atoms with E-state index in [2.05, 4.69) is 55.1 Å². The second kappa shape index (κ2) is 24.4. The average molecular weight is 442 g/mol. The third-order valence-corrected chi connectivity index (χ3v) is 7.31. The number of unbranched alkanes of at least 4 members (excludes halogenated alkanes) is 15. The highest BCUT2D eigenvalue weighted by atomic mass is 32.2. The van der Waals surface area contributed by atoms with E-state index in [1.807, 2.05) is 0 Å². The zero-order chi connectivity index (χ0) is 20.3. The molecule has 0 rings (SSSR count). The van der Waals surface area contributed by atoms with Crippen LogP contribution in [0, 0.1) is 0 Å². The third-order valence-electron chi connectivity index (χ3n) is 5.26. The highest BCUT2D eigenvalue weighted by molar-refractivity contribution is 7.90. The Bertz CT molecular complexity index is 300. The van der Waals surface area contributed by atoms with Crippen molar-refractivity contribution < 1.29 is 9.41 Å². The van der Waals surface area contributed by atoms with Crippen LogP contribution in [0.4, 0.5) is 4.70 Å². The molecule has 0 aromatic carbocycles. The van der Waals surface area contributed by atoms with E-state index < -0.39 is 0 Å². The van der Waals surface area contributed by atoms with Crippen LogP contribution in [-0.4, -0.2) is 54.7 Å². The first-order chi connectivity index (χ1) is 13.0. The number of hydrogen-bond acceptors (Lipinski definition) is 3. The Balaban J connectivity index is -0.00000338. The van der Waals surface area contributed by atoms with E-state index >= 15 is 0 Å². The van der Waals surface area contributed by atoms with Crippen molar-refractivity contribution in [1.29, 1.82) is 0 Å². The molecule has 0 heterocycles. The summed E-state index contributed by atoms with van der Waals surface area (Å²) in [6.07, 6.45) is 23.0. The highest BCUT2D eigenvalue weighted by Gasteiger charge is 2.32. The smallest absolute Gasteiger partial charge is 0.266 e. The summed E-state index contributed by atoms with van der Waals surface area (Å²) in [7, 11) is 11.0. The number of rotatable bonds is 20. The summed E-state index contributed by atoms with van der Waals surface area (Å²) in [5.74, 6) is 0. The molecule has 0 saturated carbocycles. The topological polar surface area (TPSA) is 9.72 Å². The van der Waals surface area contributed by atoms with Gasteiger partial charge in [-0.15, -0.1) is 0 Å². The monoisotopic (exact) mass is 441 g/mol. The molecule has 0 N–H and O–H groups in total. The van der Waals surface area contributed by atoms with Gasteiger partial charge in [0.25, 0.3) is 11.5 Å².